The summed E-state index contributed by atoms with van der Waals surface area (Å²) in [4.78, 5) is 23.4. The molecule has 2 fully saturated rings. The fraction of sp³-hybridized carbons (Fsp3) is 0.875. The molecule has 1 saturated heterocycles. The molecule has 22 heavy (non-hydrogen) atoms. The van der Waals surface area contributed by atoms with E-state index >= 15 is 0 Å². The highest BCUT2D eigenvalue weighted by atomic mass is 32.2. The first-order valence-corrected chi connectivity index (χ1v) is 9.94. The average molecular weight is 347 g/mol. The second-order valence-corrected chi connectivity index (χ2v) is 8.98. The molecule has 1 unspecified atom stereocenters. The molecule has 0 bridgehead atoms. The quantitative estimate of drug-likeness (QED) is 0.724. The minimum atomic E-state index is -0.580. The van der Waals surface area contributed by atoms with Gasteiger partial charge in [0, 0.05) is 12.2 Å². The van der Waals surface area contributed by atoms with Crippen LogP contribution in [-0.2, 0) is 19.1 Å². The number of carbonyl (C=O) groups excluding carboxylic acids is 2. The van der Waals surface area contributed by atoms with E-state index in [1.807, 2.05) is 0 Å². The van der Waals surface area contributed by atoms with Crippen LogP contribution in [0.4, 0.5) is 0 Å². The van der Waals surface area contributed by atoms with Crippen LogP contribution in [0.5, 0.6) is 0 Å². The molecule has 5 atom stereocenters. The standard InChI is InChI=1S/C16H26O4S2/c1-9(2)12-6-5-10(3)7-13(12)22-15(18)16-20-14(8-21-16)19-11(4)17/h9-10,12-14,16H,5-8H2,1-4H3/t10-,12+,13-,14+,16?/m1/s1. The largest absolute Gasteiger partial charge is 0.435 e. The Morgan fingerprint density at radius 2 is 2.05 bits per heavy atom. The van der Waals surface area contributed by atoms with Gasteiger partial charge in [-0.3, -0.25) is 9.59 Å². The topological polar surface area (TPSA) is 52.6 Å². The lowest BCUT2D eigenvalue weighted by Crippen LogP contribution is -2.32. The predicted octanol–water partition coefficient (Wildman–Crippen LogP) is 3.69. The van der Waals surface area contributed by atoms with Crippen LogP contribution in [-0.4, -0.2) is 33.8 Å². The number of hydrogen-bond acceptors (Lipinski definition) is 6. The summed E-state index contributed by atoms with van der Waals surface area (Å²) in [7, 11) is 0. The maximum Gasteiger partial charge on any atom is 0.304 e. The van der Waals surface area contributed by atoms with Crippen LogP contribution in [0, 0.1) is 17.8 Å². The van der Waals surface area contributed by atoms with Crippen molar-refractivity contribution in [3.05, 3.63) is 0 Å². The predicted molar refractivity (Wildman–Crippen MR) is 90.6 cm³/mol. The van der Waals surface area contributed by atoms with Crippen LogP contribution in [0.3, 0.4) is 0 Å². The van der Waals surface area contributed by atoms with E-state index in [0.717, 1.165) is 6.42 Å². The van der Waals surface area contributed by atoms with E-state index in [1.165, 1.54) is 43.3 Å². The highest BCUT2D eigenvalue weighted by Gasteiger charge is 2.38. The summed E-state index contributed by atoms with van der Waals surface area (Å²) in [6.45, 7) is 8.12. The van der Waals surface area contributed by atoms with Gasteiger partial charge in [-0.05, 0) is 30.6 Å². The molecule has 0 aromatic heterocycles. The van der Waals surface area contributed by atoms with Gasteiger partial charge in [0.25, 0.3) is 0 Å². The van der Waals surface area contributed by atoms with Crippen molar-refractivity contribution in [2.45, 2.75) is 63.9 Å². The van der Waals surface area contributed by atoms with Crippen LogP contribution in [0.2, 0.25) is 0 Å². The molecule has 1 aliphatic carbocycles. The summed E-state index contributed by atoms with van der Waals surface area (Å²) in [5, 5.41) is 0.456. The molecule has 126 valence electrons. The third-order valence-electron chi connectivity index (χ3n) is 4.38. The zero-order chi connectivity index (χ0) is 16.3. The lowest BCUT2D eigenvalue weighted by molar-refractivity contribution is -0.171. The van der Waals surface area contributed by atoms with Gasteiger partial charge in [0.1, 0.15) is 0 Å². The third-order valence-corrected chi connectivity index (χ3v) is 6.91. The molecule has 1 aliphatic heterocycles. The number of esters is 1. The first kappa shape index (κ1) is 18.1. The van der Waals surface area contributed by atoms with Crippen molar-refractivity contribution in [3.63, 3.8) is 0 Å². The van der Waals surface area contributed by atoms with Crippen LogP contribution >= 0.6 is 23.5 Å². The van der Waals surface area contributed by atoms with Crippen molar-refractivity contribution in [2.24, 2.45) is 17.8 Å². The highest BCUT2D eigenvalue weighted by molar-refractivity contribution is 8.16. The number of rotatable bonds is 4. The summed E-state index contributed by atoms with van der Waals surface area (Å²) >= 11 is 2.88. The van der Waals surface area contributed by atoms with Gasteiger partial charge >= 0.3 is 5.97 Å². The minimum Gasteiger partial charge on any atom is -0.435 e. The third kappa shape index (κ3) is 4.90. The van der Waals surface area contributed by atoms with Crippen LogP contribution in [0.25, 0.3) is 0 Å². The fourth-order valence-electron chi connectivity index (χ4n) is 3.21. The van der Waals surface area contributed by atoms with E-state index in [9.17, 15) is 9.59 Å². The van der Waals surface area contributed by atoms with Gasteiger partial charge in [0.2, 0.25) is 11.4 Å². The van der Waals surface area contributed by atoms with Gasteiger partial charge in [0.05, 0.1) is 5.75 Å². The van der Waals surface area contributed by atoms with Crippen LogP contribution in [0.15, 0.2) is 0 Å². The zero-order valence-electron chi connectivity index (χ0n) is 13.7. The van der Waals surface area contributed by atoms with Crippen molar-refractivity contribution >= 4 is 34.6 Å². The molecule has 4 nitrogen and oxygen atoms in total. The molecular formula is C16H26O4S2. The Bertz CT molecular complexity index is 413. The summed E-state index contributed by atoms with van der Waals surface area (Å²) in [5.41, 5.74) is -0.501. The van der Waals surface area contributed by atoms with Gasteiger partial charge in [-0.1, -0.05) is 39.0 Å². The average Bonchev–Trinajstić information content (AvgIpc) is 2.86. The van der Waals surface area contributed by atoms with E-state index in [1.54, 1.807) is 0 Å². The van der Waals surface area contributed by atoms with Gasteiger partial charge in [-0.2, -0.15) is 0 Å². The van der Waals surface area contributed by atoms with Crippen LogP contribution in [0.1, 0.15) is 47.0 Å². The highest BCUT2D eigenvalue weighted by Crippen LogP contribution is 2.42. The number of hydrogen-bond donors (Lipinski definition) is 0. The molecule has 0 spiro atoms. The second-order valence-electron chi connectivity index (χ2n) is 6.64. The Kier molecular flexibility index (Phi) is 6.65. The fourth-order valence-corrected chi connectivity index (χ4v) is 5.91. The molecule has 1 heterocycles. The molecule has 0 aromatic rings. The van der Waals surface area contributed by atoms with E-state index in [2.05, 4.69) is 20.8 Å². The summed E-state index contributed by atoms with van der Waals surface area (Å²) in [5.74, 6) is 2.05. The molecule has 2 rings (SSSR count). The number of carbonyl (C=O) groups is 2. The molecule has 2 aliphatic rings. The summed E-state index contributed by atoms with van der Waals surface area (Å²) in [6.07, 6.45) is 2.99. The van der Waals surface area contributed by atoms with Gasteiger partial charge < -0.3 is 9.47 Å². The van der Waals surface area contributed by atoms with Crippen molar-refractivity contribution in [3.8, 4) is 0 Å². The first-order valence-electron chi connectivity index (χ1n) is 8.01. The number of thioether (sulfide) groups is 2. The molecule has 0 amide bonds. The molecule has 6 heteroatoms. The van der Waals surface area contributed by atoms with Gasteiger partial charge in [-0.15, -0.1) is 11.8 Å². The normalized spacial score (nSPS) is 35.6. The SMILES string of the molecule is CC(=O)O[C@@H]1CSC(C(=O)S[C@@H]2C[C@H](C)CC[C@H]2C(C)C)O1. The van der Waals surface area contributed by atoms with Crippen molar-refractivity contribution in [1.29, 1.82) is 0 Å². The number of ether oxygens (including phenoxy) is 2. The maximum atomic E-state index is 12.5. The van der Waals surface area contributed by atoms with E-state index < -0.39 is 11.7 Å². The zero-order valence-corrected chi connectivity index (χ0v) is 15.4. The van der Waals surface area contributed by atoms with E-state index in [4.69, 9.17) is 9.47 Å². The second kappa shape index (κ2) is 8.06. The Morgan fingerprint density at radius 3 is 2.68 bits per heavy atom. The molecule has 0 N–H and O–H groups in total. The molecule has 1 saturated carbocycles. The summed E-state index contributed by atoms with van der Waals surface area (Å²) in [6, 6.07) is 0. The van der Waals surface area contributed by atoms with Crippen LogP contribution < -0.4 is 0 Å². The van der Waals surface area contributed by atoms with Crippen molar-refractivity contribution in [2.75, 3.05) is 5.75 Å². The smallest absolute Gasteiger partial charge is 0.304 e. The van der Waals surface area contributed by atoms with Gasteiger partial charge in [-0.25, -0.2) is 0 Å². The Morgan fingerprint density at radius 1 is 1.32 bits per heavy atom. The minimum absolute atomic E-state index is 0.0735. The molecular weight excluding hydrogens is 320 g/mol. The van der Waals surface area contributed by atoms with E-state index in [0.29, 0.717) is 28.8 Å². The lowest BCUT2D eigenvalue weighted by Gasteiger charge is -2.36. The first-order chi connectivity index (χ1) is 10.4. The van der Waals surface area contributed by atoms with Crippen molar-refractivity contribution < 1.29 is 19.1 Å². The Labute approximate surface area is 141 Å². The molecule has 0 aromatic carbocycles. The molecule has 0 radical (unpaired) electrons. The van der Waals surface area contributed by atoms with Gasteiger partial charge in [0.15, 0.2) is 5.44 Å². The lowest BCUT2D eigenvalue weighted by atomic mass is 9.77. The van der Waals surface area contributed by atoms with Crippen molar-refractivity contribution in [1.82, 2.24) is 0 Å². The summed E-state index contributed by atoms with van der Waals surface area (Å²) < 4.78 is 10.6. The monoisotopic (exact) mass is 346 g/mol. The maximum absolute atomic E-state index is 12.5. The van der Waals surface area contributed by atoms with E-state index in [-0.39, 0.29) is 11.1 Å². The Hall–Kier alpha value is -0.200. The Balaban J connectivity index is 1.88.